The largest absolute Gasteiger partial charge is 0.405 e. The molecule has 0 aromatic heterocycles. The standard InChI is InChI=1S/C8H10F3N3O2S/c9-8(10,11)4-14-7-3-5(17(13,15)16)1-2-6(7)12/h1-3,14H,4,12H2,(H2,13,15,16). The van der Waals surface area contributed by atoms with E-state index in [0.717, 1.165) is 12.1 Å². The molecule has 17 heavy (non-hydrogen) atoms. The predicted octanol–water partition coefficient (Wildman–Crippen LogP) is 0.890. The zero-order valence-electron chi connectivity index (χ0n) is 8.45. The van der Waals surface area contributed by atoms with Crippen molar-refractivity contribution in [2.24, 2.45) is 5.14 Å². The quantitative estimate of drug-likeness (QED) is 0.710. The van der Waals surface area contributed by atoms with Gasteiger partial charge < -0.3 is 11.1 Å². The van der Waals surface area contributed by atoms with E-state index in [2.05, 4.69) is 0 Å². The third kappa shape index (κ3) is 4.11. The number of alkyl halides is 3. The molecule has 0 bridgehead atoms. The van der Waals surface area contributed by atoms with Crippen LogP contribution in [0.4, 0.5) is 24.5 Å². The van der Waals surface area contributed by atoms with Crippen LogP contribution in [0.15, 0.2) is 23.1 Å². The Hall–Kier alpha value is -1.48. The Kier molecular flexibility index (Phi) is 3.53. The number of hydrogen-bond acceptors (Lipinski definition) is 4. The zero-order valence-corrected chi connectivity index (χ0v) is 9.27. The first-order chi connectivity index (χ1) is 7.59. The van der Waals surface area contributed by atoms with Crippen molar-refractivity contribution in [3.63, 3.8) is 0 Å². The summed E-state index contributed by atoms with van der Waals surface area (Å²) in [6.07, 6.45) is -4.43. The van der Waals surface area contributed by atoms with Gasteiger partial charge in [-0.1, -0.05) is 0 Å². The van der Waals surface area contributed by atoms with Crippen LogP contribution >= 0.6 is 0 Å². The third-order valence-electron chi connectivity index (χ3n) is 1.83. The second kappa shape index (κ2) is 4.41. The number of rotatable bonds is 3. The molecule has 0 amide bonds. The molecular formula is C8H10F3N3O2S. The summed E-state index contributed by atoms with van der Waals surface area (Å²) in [6, 6.07) is 3.23. The molecule has 0 atom stereocenters. The van der Waals surface area contributed by atoms with Crippen molar-refractivity contribution < 1.29 is 21.6 Å². The number of halogens is 3. The molecule has 0 spiro atoms. The van der Waals surface area contributed by atoms with Crippen LogP contribution in [-0.4, -0.2) is 21.1 Å². The van der Waals surface area contributed by atoms with E-state index in [0.29, 0.717) is 0 Å². The van der Waals surface area contributed by atoms with E-state index in [4.69, 9.17) is 10.9 Å². The molecule has 0 aliphatic carbocycles. The highest BCUT2D eigenvalue weighted by Gasteiger charge is 2.27. The summed E-state index contributed by atoms with van der Waals surface area (Å²) in [6.45, 7) is -1.31. The van der Waals surface area contributed by atoms with E-state index < -0.39 is 22.7 Å². The number of benzene rings is 1. The van der Waals surface area contributed by atoms with Gasteiger partial charge in [0, 0.05) is 0 Å². The van der Waals surface area contributed by atoms with Gasteiger partial charge in [0.15, 0.2) is 0 Å². The van der Waals surface area contributed by atoms with Crippen LogP contribution in [0.5, 0.6) is 0 Å². The molecule has 0 fully saturated rings. The van der Waals surface area contributed by atoms with Crippen molar-refractivity contribution in [3.8, 4) is 0 Å². The number of nitrogen functional groups attached to an aromatic ring is 1. The summed E-state index contributed by atoms with van der Waals surface area (Å²) in [5.74, 6) is 0. The van der Waals surface area contributed by atoms with Crippen molar-refractivity contribution in [2.75, 3.05) is 17.6 Å². The molecule has 0 radical (unpaired) electrons. The zero-order chi connectivity index (χ0) is 13.3. The first-order valence-corrected chi connectivity index (χ1v) is 5.87. The molecule has 0 aliphatic rings. The van der Waals surface area contributed by atoms with Crippen LogP contribution in [0.3, 0.4) is 0 Å². The van der Waals surface area contributed by atoms with Crippen LogP contribution in [0.2, 0.25) is 0 Å². The van der Waals surface area contributed by atoms with Gasteiger partial charge in [-0.2, -0.15) is 13.2 Å². The molecule has 1 rings (SSSR count). The van der Waals surface area contributed by atoms with E-state index in [1.807, 2.05) is 5.32 Å². The van der Waals surface area contributed by atoms with Crippen LogP contribution < -0.4 is 16.2 Å². The van der Waals surface area contributed by atoms with Gasteiger partial charge in [-0.15, -0.1) is 0 Å². The van der Waals surface area contributed by atoms with Crippen LogP contribution in [0.25, 0.3) is 0 Å². The Morgan fingerprint density at radius 3 is 2.35 bits per heavy atom. The van der Waals surface area contributed by atoms with Crippen molar-refractivity contribution in [2.45, 2.75) is 11.1 Å². The Balaban J connectivity index is 3.00. The first kappa shape index (κ1) is 13.6. The van der Waals surface area contributed by atoms with Crippen LogP contribution in [0.1, 0.15) is 0 Å². The van der Waals surface area contributed by atoms with Crippen molar-refractivity contribution in [3.05, 3.63) is 18.2 Å². The molecule has 1 aromatic rings. The molecule has 5 nitrogen and oxygen atoms in total. The summed E-state index contributed by atoms with van der Waals surface area (Å²) in [7, 11) is -3.97. The molecule has 5 N–H and O–H groups in total. The lowest BCUT2D eigenvalue weighted by Gasteiger charge is -2.12. The summed E-state index contributed by atoms with van der Waals surface area (Å²) < 4.78 is 57.9. The molecule has 1 aromatic carbocycles. The SMILES string of the molecule is Nc1ccc(S(N)(=O)=O)cc1NCC(F)(F)F. The summed E-state index contributed by atoms with van der Waals surface area (Å²) >= 11 is 0. The Bertz CT molecular complexity index is 513. The fourth-order valence-corrected chi connectivity index (χ4v) is 1.60. The average molecular weight is 269 g/mol. The molecule has 0 saturated heterocycles. The number of hydrogen-bond donors (Lipinski definition) is 3. The maximum atomic E-state index is 12.0. The molecular weight excluding hydrogens is 259 g/mol. The van der Waals surface area contributed by atoms with Gasteiger partial charge in [0.25, 0.3) is 0 Å². The first-order valence-electron chi connectivity index (χ1n) is 4.32. The van der Waals surface area contributed by atoms with E-state index in [1.54, 1.807) is 0 Å². The highest BCUT2D eigenvalue weighted by Crippen LogP contribution is 2.24. The Morgan fingerprint density at radius 1 is 1.29 bits per heavy atom. The number of anilines is 2. The Labute approximate surface area is 95.6 Å². The molecule has 0 unspecified atom stereocenters. The summed E-state index contributed by atoms with van der Waals surface area (Å²) in [4.78, 5) is -0.309. The molecule has 9 heteroatoms. The number of nitrogens with one attached hydrogen (secondary N) is 1. The van der Waals surface area contributed by atoms with Crippen molar-refractivity contribution >= 4 is 21.4 Å². The summed E-state index contributed by atoms with van der Waals surface area (Å²) in [5, 5.41) is 6.83. The van der Waals surface area contributed by atoms with Crippen LogP contribution in [-0.2, 0) is 10.0 Å². The molecule has 0 heterocycles. The topological polar surface area (TPSA) is 98.2 Å². The maximum Gasteiger partial charge on any atom is 0.405 e. The minimum Gasteiger partial charge on any atom is -0.397 e. The number of sulfonamides is 1. The molecule has 0 aliphatic heterocycles. The normalized spacial score (nSPS) is 12.5. The van der Waals surface area contributed by atoms with Gasteiger partial charge >= 0.3 is 6.18 Å². The lowest BCUT2D eigenvalue weighted by Crippen LogP contribution is -2.22. The van der Waals surface area contributed by atoms with Gasteiger partial charge in [0.05, 0.1) is 16.3 Å². The fraction of sp³-hybridized carbons (Fsp3) is 0.250. The van der Waals surface area contributed by atoms with Gasteiger partial charge in [-0.3, -0.25) is 0 Å². The van der Waals surface area contributed by atoms with Crippen LogP contribution in [0, 0.1) is 0 Å². The van der Waals surface area contributed by atoms with Crippen molar-refractivity contribution in [1.82, 2.24) is 0 Å². The monoisotopic (exact) mass is 269 g/mol. The van der Waals surface area contributed by atoms with Gasteiger partial charge in [0.1, 0.15) is 6.54 Å². The second-order valence-electron chi connectivity index (χ2n) is 3.26. The highest BCUT2D eigenvalue weighted by molar-refractivity contribution is 7.89. The van der Waals surface area contributed by atoms with Gasteiger partial charge in [-0.25, -0.2) is 13.6 Å². The van der Waals surface area contributed by atoms with Gasteiger partial charge in [-0.05, 0) is 18.2 Å². The minimum absolute atomic E-state index is 0.00153. The number of primary sulfonamides is 1. The van der Waals surface area contributed by atoms with E-state index in [-0.39, 0.29) is 16.3 Å². The Morgan fingerprint density at radius 2 is 1.88 bits per heavy atom. The van der Waals surface area contributed by atoms with Crippen molar-refractivity contribution in [1.29, 1.82) is 0 Å². The summed E-state index contributed by atoms with van der Waals surface area (Å²) in [5.41, 5.74) is 5.27. The maximum absolute atomic E-state index is 12.0. The van der Waals surface area contributed by atoms with E-state index in [9.17, 15) is 21.6 Å². The highest BCUT2D eigenvalue weighted by atomic mass is 32.2. The minimum atomic E-state index is -4.43. The lowest BCUT2D eigenvalue weighted by atomic mass is 10.2. The fourth-order valence-electron chi connectivity index (χ4n) is 1.06. The molecule has 96 valence electrons. The average Bonchev–Trinajstić information content (AvgIpc) is 2.13. The molecule has 0 saturated carbocycles. The third-order valence-corrected chi connectivity index (χ3v) is 2.74. The number of nitrogens with two attached hydrogens (primary N) is 2. The van der Waals surface area contributed by atoms with Gasteiger partial charge in [0.2, 0.25) is 10.0 Å². The van der Waals surface area contributed by atoms with E-state index >= 15 is 0 Å². The second-order valence-corrected chi connectivity index (χ2v) is 4.82. The van der Waals surface area contributed by atoms with E-state index in [1.165, 1.54) is 6.07 Å². The lowest BCUT2D eigenvalue weighted by molar-refractivity contribution is -0.115. The predicted molar refractivity (Wildman–Crippen MR) is 56.8 cm³/mol. The smallest absolute Gasteiger partial charge is 0.397 e.